The van der Waals surface area contributed by atoms with Gasteiger partial charge < -0.3 is 20.1 Å². The van der Waals surface area contributed by atoms with E-state index in [1.807, 2.05) is 19.0 Å². The molecular weight excluding hydrogens is 286 g/mol. The number of ether oxygens (including phenoxy) is 1. The summed E-state index contributed by atoms with van der Waals surface area (Å²) in [5, 5.41) is 11.5. The Balaban J connectivity index is 1.88. The standard InChI is InChI=1S/C15H21N3O4/c1-18(2)13-8-11(5-6-16-13)17-15(21)10-7-12(22-9-10)3-4-14(19)20/h5-6,8,10,12H,3-4,7,9H2,1-2H3,(H,19,20)(H,16,17,21). The molecule has 1 aliphatic rings. The van der Waals surface area contributed by atoms with Gasteiger partial charge in [0.2, 0.25) is 5.91 Å². The largest absolute Gasteiger partial charge is 0.481 e. The number of anilines is 2. The quantitative estimate of drug-likeness (QED) is 0.824. The van der Waals surface area contributed by atoms with Crippen LogP contribution in [0.3, 0.4) is 0 Å². The fraction of sp³-hybridized carbons (Fsp3) is 0.533. The van der Waals surface area contributed by atoms with Crippen LogP contribution in [0.2, 0.25) is 0 Å². The lowest BCUT2D eigenvalue weighted by molar-refractivity contribution is -0.137. The number of hydrogen-bond donors (Lipinski definition) is 2. The van der Waals surface area contributed by atoms with E-state index < -0.39 is 5.97 Å². The zero-order valence-corrected chi connectivity index (χ0v) is 12.8. The van der Waals surface area contributed by atoms with E-state index in [2.05, 4.69) is 10.3 Å². The first kappa shape index (κ1) is 16.2. The number of nitrogens with zero attached hydrogens (tertiary/aromatic N) is 2. The van der Waals surface area contributed by atoms with Crippen LogP contribution in [0.5, 0.6) is 0 Å². The number of nitrogens with one attached hydrogen (secondary N) is 1. The number of carboxylic acids is 1. The molecule has 2 N–H and O–H groups in total. The van der Waals surface area contributed by atoms with Crippen molar-refractivity contribution < 1.29 is 19.4 Å². The number of carboxylic acid groups (broad SMARTS) is 1. The number of amides is 1. The highest BCUT2D eigenvalue weighted by Gasteiger charge is 2.31. The number of hydrogen-bond acceptors (Lipinski definition) is 5. The van der Waals surface area contributed by atoms with Gasteiger partial charge in [-0.25, -0.2) is 4.98 Å². The third kappa shape index (κ3) is 4.42. The Kier molecular flexibility index (Phi) is 5.32. The van der Waals surface area contributed by atoms with Crippen LogP contribution in [0, 0.1) is 5.92 Å². The minimum Gasteiger partial charge on any atom is -0.481 e. The number of carbonyl (C=O) groups is 2. The van der Waals surface area contributed by atoms with Gasteiger partial charge in [-0.1, -0.05) is 0 Å². The first-order chi connectivity index (χ1) is 10.5. The lowest BCUT2D eigenvalue weighted by Crippen LogP contribution is -2.23. The van der Waals surface area contributed by atoms with Crippen LogP contribution in [0.15, 0.2) is 18.3 Å². The van der Waals surface area contributed by atoms with Crippen molar-refractivity contribution in [3.8, 4) is 0 Å². The minimum absolute atomic E-state index is 0.0650. The number of aromatic nitrogens is 1. The smallest absolute Gasteiger partial charge is 0.303 e. The summed E-state index contributed by atoms with van der Waals surface area (Å²) in [6.45, 7) is 0.335. The molecule has 1 saturated heterocycles. The van der Waals surface area contributed by atoms with Crippen LogP contribution in [-0.4, -0.2) is 48.8 Å². The fourth-order valence-corrected chi connectivity index (χ4v) is 2.36. The van der Waals surface area contributed by atoms with Gasteiger partial charge >= 0.3 is 5.97 Å². The Morgan fingerprint density at radius 2 is 2.27 bits per heavy atom. The maximum atomic E-state index is 12.2. The number of aliphatic carboxylic acids is 1. The summed E-state index contributed by atoms with van der Waals surface area (Å²) in [6.07, 6.45) is 2.56. The zero-order chi connectivity index (χ0) is 16.1. The van der Waals surface area contributed by atoms with Gasteiger partial charge in [0.05, 0.1) is 18.6 Å². The second-order valence-electron chi connectivity index (χ2n) is 5.61. The van der Waals surface area contributed by atoms with Crippen molar-refractivity contribution >= 4 is 23.4 Å². The van der Waals surface area contributed by atoms with Crippen molar-refractivity contribution in [2.24, 2.45) is 5.92 Å². The molecule has 2 heterocycles. The van der Waals surface area contributed by atoms with Gasteiger partial charge in [0.1, 0.15) is 5.82 Å². The van der Waals surface area contributed by atoms with E-state index >= 15 is 0 Å². The first-order valence-electron chi connectivity index (χ1n) is 7.23. The predicted octanol–water partition coefficient (Wildman–Crippen LogP) is 1.36. The van der Waals surface area contributed by atoms with E-state index in [9.17, 15) is 9.59 Å². The zero-order valence-electron chi connectivity index (χ0n) is 12.8. The average molecular weight is 307 g/mol. The molecule has 0 bridgehead atoms. The molecule has 0 radical (unpaired) electrons. The third-order valence-corrected chi connectivity index (χ3v) is 3.60. The second kappa shape index (κ2) is 7.22. The van der Waals surface area contributed by atoms with Crippen LogP contribution in [0.1, 0.15) is 19.3 Å². The maximum absolute atomic E-state index is 12.2. The molecule has 0 aromatic carbocycles. The Labute approximate surface area is 129 Å². The van der Waals surface area contributed by atoms with E-state index in [0.29, 0.717) is 25.1 Å². The van der Waals surface area contributed by atoms with Crippen LogP contribution >= 0.6 is 0 Å². The molecule has 0 saturated carbocycles. The normalized spacial score (nSPS) is 20.6. The molecule has 2 atom stereocenters. The summed E-state index contributed by atoms with van der Waals surface area (Å²) in [7, 11) is 3.76. The molecule has 0 spiro atoms. The minimum atomic E-state index is -0.843. The third-order valence-electron chi connectivity index (χ3n) is 3.60. The van der Waals surface area contributed by atoms with Crippen LogP contribution < -0.4 is 10.2 Å². The lowest BCUT2D eigenvalue weighted by Gasteiger charge is -2.14. The summed E-state index contributed by atoms with van der Waals surface area (Å²) >= 11 is 0. The van der Waals surface area contributed by atoms with Gasteiger partial charge in [-0.15, -0.1) is 0 Å². The molecule has 1 fully saturated rings. The summed E-state index contributed by atoms with van der Waals surface area (Å²) in [5.74, 6) is -0.423. The fourth-order valence-electron chi connectivity index (χ4n) is 2.36. The van der Waals surface area contributed by atoms with Crippen LogP contribution in [0.4, 0.5) is 11.5 Å². The molecule has 1 aromatic rings. The average Bonchev–Trinajstić information content (AvgIpc) is 2.94. The highest BCUT2D eigenvalue weighted by atomic mass is 16.5. The van der Waals surface area contributed by atoms with Gasteiger partial charge in [-0.05, 0) is 18.9 Å². The predicted molar refractivity (Wildman–Crippen MR) is 81.9 cm³/mol. The molecule has 22 heavy (non-hydrogen) atoms. The molecular formula is C15H21N3O4. The number of pyridine rings is 1. The van der Waals surface area contributed by atoms with Crippen molar-refractivity contribution in [2.75, 3.05) is 30.9 Å². The van der Waals surface area contributed by atoms with E-state index in [1.54, 1.807) is 18.3 Å². The summed E-state index contributed by atoms with van der Waals surface area (Å²) in [5.41, 5.74) is 0.692. The van der Waals surface area contributed by atoms with E-state index in [-0.39, 0.29) is 24.3 Å². The van der Waals surface area contributed by atoms with Crippen molar-refractivity contribution in [3.63, 3.8) is 0 Å². The van der Waals surface area contributed by atoms with Crippen LogP contribution in [0.25, 0.3) is 0 Å². The highest BCUT2D eigenvalue weighted by Crippen LogP contribution is 2.24. The van der Waals surface area contributed by atoms with Gasteiger partial charge in [-0.2, -0.15) is 0 Å². The van der Waals surface area contributed by atoms with E-state index in [0.717, 1.165) is 5.82 Å². The molecule has 1 amide bonds. The first-order valence-corrected chi connectivity index (χ1v) is 7.23. The monoisotopic (exact) mass is 307 g/mol. The highest BCUT2D eigenvalue weighted by molar-refractivity contribution is 5.93. The van der Waals surface area contributed by atoms with E-state index in [4.69, 9.17) is 9.84 Å². The summed E-state index contributed by atoms with van der Waals surface area (Å²) in [6, 6.07) is 3.54. The summed E-state index contributed by atoms with van der Waals surface area (Å²) in [4.78, 5) is 28.8. The topological polar surface area (TPSA) is 91.8 Å². The number of rotatable bonds is 6. The maximum Gasteiger partial charge on any atom is 0.303 e. The molecule has 2 unspecified atom stereocenters. The Hall–Kier alpha value is -2.15. The molecule has 2 rings (SSSR count). The Morgan fingerprint density at radius 3 is 2.95 bits per heavy atom. The molecule has 7 heteroatoms. The molecule has 7 nitrogen and oxygen atoms in total. The van der Waals surface area contributed by atoms with Crippen LogP contribution in [-0.2, 0) is 14.3 Å². The Morgan fingerprint density at radius 1 is 1.50 bits per heavy atom. The van der Waals surface area contributed by atoms with Crippen molar-refractivity contribution in [2.45, 2.75) is 25.4 Å². The van der Waals surface area contributed by atoms with Crippen molar-refractivity contribution in [1.29, 1.82) is 0 Å². The SMILES string of the molecule is CN(C)c1cc(NC(=O)C2COC(CCC(=O)O)C2)ccn1. The van der Waals surface area contributed by atoms with E-state index in [1.165, 1.54) is 0 Å². The molecule has 120 valence electrons. The van der Waals surface area contributed by atoms with Gasteiger partial charge in [0.15, 0.2) is 0 Å². The second-order valence-corrected chi connectivity index (χ2v) is 5.61. The lowest BCUT2D eigenvalue weighted by atomic mass is 10.0. The summed E-state index contributed by atoms with van der Waals surface area (Å²) < 4.78 is 5.49. The molecule has 1 aromatic heterocycles. The van der Waals surface area contributed by atoms with Crippen molar-refractivity contribution in [1.82, 2.24) is 4.98 Å². The molecule has 0 aliphatic carbocycles. The molecule has 1 aliphatic heterocycles. The Bertz CT molecular complexity index is 547. The van der Waals surface area contributed by atoms with Crippen molar-refractivity contribution in [3.05, 3.63) is 18.3 Å². The van der Waals surface area contributed by atoms with Gasteiger partial charge in [0.25, 0.3) is 0 Å². The van der Waals surface area contributed by atoms with Gasteiger partial charge in [0, 0.05) is 38.5 Å². The number of carbonyl (C=O) groups excluding carboxylic acids is 1. The van der Waals surface area contributed by atoms with Gasteiger partial charge in [-0.3, -0.25) is 9.59 Å².